The van der Waals surface area contributed by atoms with Crippen LogP contribution in [0.1, 0.15) is 32.3 Å². The Balaban J connectivity index is 2.14. The summed E-state index contributed by atoms with van der Waals surface area (Å²) < 4.78 is 44.1. The molecule has 0 unspecified atom stereocenters. The number of methoxy groups -OCH3 is 1. The van der Waals surface area contributed by atoms with E-state index >= 15 is 0 Å². The van der Waals surface area contributed by atoms with Crippen LogP contribution in [0.4, 0.5) is 10.1 Å². The molecule has 0 saturated carbocycles. The lowest BCUT2D eigenvalue weighted by molar-refractivity contribution is -0.140. The summed E-state index contributed by atoms with van der Waals surface area (Å²) in [5.74, 6) is -0.337. The van der Waals surface area contributed by atoms with E-state index in [2.05, 4.69) is 5.32 Å². The van der Waals surface area contributed by atoms with Crippen LogP contribution in [0.5, 0.6) is 5.75 Å². The predicted octanol–water partition coefficient (Wildman–Crippen LogP) is 2.93. The van der Waals surface area contributed by atoms with Crippen molar-refractivity contribution in [2.75, 3.05) is 30.8 Å². The lowest BCUT2D eigenvalue weighted by atomic mass is 10.1. The second-order valence-electron chi connectivity index (χ2n) is 7.86. The predicted molar refractivity (Wildman–Crippen MR) is 130 cm³/mol. The molecule has 2 aromatic rings. The largest absolute Gasteiger partial charge is 0.497 e. The van der Waals surface area contributed by atoms with E-state index < -0.39 is 21.9 Å². The number of amides is 2. The summed E-state index contributed by atoms with van der Waals surface area (Å²) in [5.41, 5.74) is 1.15. The third-order valence-electron chi connectivity index (χ3n) is 5.30. The minimum atomic E-state index is -3.63. The van der Waals surface area contributed by atoms with E-state index in [1.165, 1.54) is 29.2 Å². The number of sulfonamides is 1. The number of rotatable bonds is 12. The van der Waals surface area contributed by atoms with Crippen molar-refractivity contribution in [1.29, 1.82) is 0 Å². The fraction of sp³-hybridized carbons (Fsp3) is 0.417. The Labute approximate surface area is 200 Å². The van der Waals surface area contributed by atoms with Crippen LogP contribution >= 0.6 is 0 Å². The van der Waals surface area contributed by atoms with Gasteiger partial charge in [0.2, 0.25) is 21.8 Å². The van der Waals surface area contributed by atoms with Crippen LogP contribution < -0.4 is 14.4 Å². The molecule has 1 N–H and O–H groups in total. The van der Waals surface area contributed by atoms with Gasteiger partial charge in [0, 0.05) is 26.1 Å². The first-order valence-corrected chi connectivity index (χ1v) is 12.8. The van der Waals surface area contributed by atoms with Gasteiger partial charge >= 0.3 is 0 Å². The van der Waals surface area contributed by atoms with Crippen molar-refractivity contribution in [3.05, 3.63) is 59.9 Å². The molecule has 186 valence electrons. The minimum absolute atomic E-state index is 0.0348. The van der Waals surface area contributed by atoms with Gasteiger partial charge in [-0.05, 0) is 62.2 Å². The van der Waals surface area contributed by atoms with Gasteiger partial charge in [0.15, 0.2) is 0 Å². The molecule has 0 heterocycles. The summed E-state index contributed by atoms with van der Waals surface area (Å²) in [6.07, 6.45) is 1.32. The number of hydrogen-bond donors (Lipinski definition) is 1. The molecule has 2 amide bonds. The summed E-state index contributed by atoms with van der Waals surface area (Å²) in [4.78, 5) is 27.1. The summed E-state index contributed by atoms with van der Waals surface area (Å²) in [5, 5.41) is 2.73. The Hall–Kier alpha value is -3.14. The molecular formula is C24H32FN3O5S. The van der Waals surface area contributed by atoms with Gasteiger partial charge in [-0.3, -0.25) is 13.9 Å². The minimum Gasteiger partial charge on any atom is -0.497 e. The number of benzene rings is 2. The first kappa shape index (κ1) is 27.1. The number of carbonyl (C=O) groups is 2. The van der Waals surface area contributed by atoms with Crippen molar-refractivity contribution in [2.45, 2.75) is 39.3 Å². The highest BCUT2D eigenvalue weighted by atomic mass is 32.2. The van der Waals surface area contributed by atoms with Gasteiger partial charge in [0.1, 0.15) is 17.6 Å². The van der Waals surface area contributed by atoms with E-state index in [9.17, 15) is 22.4 Å². The van der Waals surface area contributed by atoms with Crippen molar-refractivity contribution < 1.29 is 27.1 Å². The summed E-state index contributed by atoms with van der Waals surface area (Å²) in [6.45, 7) is 4.16. The molecule has 0 saturated heterocycles. The maximum absolute atomic E-state index is 13.3. The van der Waals surface area contributed by atoms with Crippen LogP contribution in [0.3, 0.4) is 0 Å². The first-order chi connectivity index (χ1) is 16.1. The number of hydrogen-bond acceptors (Lipinski definition) is 5. The molecule has 2 aromatic carbocycles. The maximum atomic E-state index is 13.3. The third kappa shape index (κ3) is 7.72. The average Bonchev–Trinajstić information content (AvgIpc) is 2.80. The van der Waals surface area contributed by atoms with Crippen LogP contribution in [-0.4, -0.2) is 57.6 Å². The quantitative estimate of drug-likeness (QED) is 0.491. The fourth-order valence-corrected chi connectivity index (χ4v) is 4.41. The van der Waals surface area contributed by atoms with Crippen LogP contribution in [0.25, 0.3) is 0 Å². The number of carbonyl (C=O) groups excluding carboxylic acids is 2. The Morgan fingerprint density at radius 3 is 2.24 bits per heavy atom. The molecule has 0 aromatic heterocycles. The van der Waals surface area contributed by atoms with Crippen molar-refractivity contribution in [1.82, 2.24) is 10.2 Å². The number of nitrogens with zero attached hydrogens (tertiary/aromatic N) is 2. The van der Waals surface area contributed by atoms with E-state index in [-0.39, 0.29) is 37.7 Å². The average molecular weight is 494 g/mol. The Kier molecular flexibility index (Phi) is 9.85. The summed E-state index contributed by atoms with van der Waals surface area (Å²) >= 11 is 0. The first-order valence-electron chi connectivity index (χ1n) is 11.0. The topological polar surface area (TPSA) is 96.0 Å². The third-order valence-corrected chi connectivity index (χ3v) is 6.49. The molecule has 8 nitrogen and oxygen atoms in total. The van der Waals surface area contributed by atoms with E-state index in [1.54, 1.807) is 33.1 Å². The van der Waals surface area contributed by atoms with E-state index in [0.29, 0.717) is 18.0 Å². The molecule has 0 radical (unpaired) electrons. The van der Waals surface area contributed by atoms with Crippen molar-refractivity contribution in [2.24, 2.45) is 0 Å². The van der Waals surface area contributed by atoms with Gasteiger partial charge in [-0.1, -0.05) is 12.1 Å². The molecule has 0 aliphatic heterocycles. The standard InChI is InChI=1S/C24H32FN3O5S/c1-5-26-24(30)18(2)27(17-19-8-14-22(33-3)15-9-19)23(29)7-6-16-28(34(4,31)32)21-12-10-20(25)11-13-21/h8-15,18H,5-7,16-17H2,1-4H3,(H,26,30)/t18-/m0/s1. The fourth-order valence-electron chi connectivity index (χ4n) is 3.44. The van der Waals surface area contributed by atoms with E-state index in [4.69, 9.17) is 4.74 Å². The van der Waals surface area contributed by atoms with Crippen molar-refractivity contribution in [3.63, 3.8) is 0 Å². The van der Waals surface area contributed by atoms with E-state index in [1.807, 2.05) is 12.1 Å². The molecule has 1 atom stereocenters. The van der Waals surface area contributed by atoms with E-state index in [0.717, 1.165) is 16.1 Å². The van der Waals surface area contributed by atoms with Crippen LogP contribution in [0, 0.1) is 5.82 Å². The summed E-state index contributed by atoms with van der Waals surface area (Å²) in [7, 11) is -2.07. The molecule has 2 rings (SSSR count). The second kappa shape index (κ2) is 12.4. The number of nitrogens with one attached hydrogen (secondary N) is 1. The molecule has 0 aliphatic carbocycles. The number of likely N-dealkylation sites (N-methyl/N-ethyl adjacent to an activating group) is 1. The van der Waals surface area contributed by atoms with Crippen molar-refractivity contribution in [3.8, 4) is 5.75 Å². The highest BCUT2D eigenvalue weighted by Crippen LogP contribution is 2.20. The van der Waals surface area contributed by atoms with Gasteiger partial charge in [-0.2, -0.15) is 0 Å². The number of anilines is 1. The molecule has 10 heteroatoms. The van der Waals surface area contributed by atoms with Gasteiger partial charge in [-0.25, -0.2) is 12.8 Å². The van der Waals surface area contributed by atoms with Crippen molar-refractivity contribution >= 4 is 27.5 Å². The van der Waals surface area contributed by atoms with Gasteiger partial charge in [-0.15, -0.1) is 0 Å². The molecule has 34 heavy (non-hydrogen) atoms. The van der Waals surface area contributed by atoms with Crippen LogP contribution in [-0.2, 0) is 26.2 Å². The van der Waals surface area contributed by atoms with Crippen LogP contribution in [0.2, 0.25) is 0 Å². The molecule has 0 bridgehead atoms. The number of halogens is 1. The smallest absolute Gasteiger partial charge is 0.242 e. The monoisotopic (exact) mass is 493 g/mol. The second-order valence-corrected chi connectivity index (χ2v) is 9.76. The SMILES string of the molecule is CCNC(=O)[C@H](C)N(Cc1ccc(OC)cc1)C(=O)CCCN(c1ccc(F)cc1)S(C)(=O)=O. The summed E-state index contributed by atoms with van der Waals surface area (Å²) in [6, 6.07) is 11.6. The zero-order valence-corrected chi connectivity index (χ0v) is 20.8. The maximum Gasteiger partial charge on any atom is 0.242 e. The Morgan fingerprint density at radius 2 is 1.71 bits per heavy atom. The molecule has 0 spiro atoms. The van der Waals surface area contributed by atoms with Crippen LogP contribution in [0.15, 0.2) is 48.5 Å². The number of ether oxygens (including phenoxy) is 1. The van der Waals surface area contributed by atoms with Gasteiger partial charge in [0.05, 0.1) is 19.1 Å². The molecule has 0 aliphatic rings. The zero-order chi connectivity index (χ0) is 25.3. The molecular weight excluding hydrogens is 461 g/mol. The molecule has 0 fully saturated rings. The lowest BCUT2D eigenvalue weighted by Gasteiger charge is -2.29. The normalized spacial score (nSPS) is 12.0. The highest BCUT2D eigenvalue weighted by molar-refractivity contribution is 7.92. The van der Waals surface area contributed by atoms with Gasteiger partial charge in [0.25, 0.3) is 0 Å². The lowest BCUT2D eigenvalue weighted by Crippen LogP contribution is -2.47. The highest BCUT2D eigenvalue weighted by Gasteiger charge is 2.26. The van der Waals surface area contributed by atoms with Gasteiger partial charge < -0.3 is 15.0 Å². The Morgan fingerprint density at radius 1 is 1.09 bits per heavy atom. The Bertz CT molecular complexity index is 1060. The zero-order valence-electron chi connectivity index (χ0n) is 20.0.